The molecule has 2 fully saturated rings. The van der Waals surface area contributed by atoms with Gasteiger partial charge < -0.3 is 25.6 Å². The van der Waals surface area contributed by atoms with E-state index in [9.17, 15) is 14.7 Å². The van der Waals surface area contributed by atoms with Crippen LogP contribution in [0.5, 0.6) is 0 Å². The fourth-order valence-corrected chi connectivity index (χ4v) is 2.12. The number of carbonyl (C=O) groups excluding carboxylic acids is 1. The first-order chi connectivity index (χ1) is 8.06. The molecule has 0 unspecified atom stereocenters. The normalized spacial score (nSPS) is 37.0. The second kappa shape index (κ2) is 4.99. The minimum Gasteiger partial charge on any atom is -0.480 e. The smallest absolute Gasteiger partial charge is 0.323 e. The number of aliphatic hydroxyl groups is 1. The summed E-state index contributed by atoms with van der Waals surface area (Å²) in [5, 5.41) is 23.6. The van der Waals surface area contributed by atoms with Crippen molar-refractivity contribution in [3.63, 3.8) is 0 Å². The first-order valence-corrected chi connectivity index (χ1v) is 5.64. The molecule has 4 atom stereocenters. The van der Waals surface area contributed by atoms with Crippen molar-refractivity contribution in [1.82, 2.24) is 10.6 Å². The lowest BCUT2D eigenvalue weighted by atomic mass is 10.2. The Bertz CT molecular complexity index is 322. The van der Waals surface area contributed by atoms with Crippen molar-refractivity contribution in [1.29, 1.82) is 0 Å². The molecule has 96 valence electrons. The van der Waals surface area contributed by atoms with Crippen LogP contribution in [0, 0.1) is 0 Å². The van der Waals surface area contributed by atoms with Crippen LogP contribution in [-0.4, -0.2) is 59.5 Å². The second-order valence-electron chi connectivity index (χ2n) is 4.44. The molecule has 7 nitrogen and oxygen atoms in total. The third-order valence-electron chi connectivity index (χ3n) is 3.06. The highest BCUT2D eigenvalue weighted by atomic mass is 16.5. The number of β-amino-alcohol motifs (C(OH)–C–C–N with tert-alkyl or cyclic N) is 1. The molecule has 0 spiro atoms. The number of carboxylic acids is 1. The first-order valence-electron chi connectivity index (χ1n) is 5.64. The molecule has 0 bridgehead atoms. The van der Waals surface area contributed by atoms with Gasteiger partial charge in [0.2, 0.25) is 0 Å². The third-order valence-corrected chi connectivity index (χ3v) is 3.06. The maximum Gasteiger partial charge on any atom is 0.323 e. The maximum atomic E-state index is 11.7. The van der Waals surface area contributed by atoms with Gasteiger partial charge >= 0.3 is 11.9 Å². The largest absolute Gasteiger partial charge is 0.480 e. The van der Waals surface area contributed by atoms with Crippen LogP contribution in [0.3, 0.4) is 0 Å². The molecular weight excluding hydrogens is 228 g/mol. The van der Waals surface area contributed by atoms with Crippen LogP contribution in [0.4, 0.5) is 0 Å². The van der Waals surface area contributed by atoms with Gasteiger partial charge in [0, 0.05) is 25.9 Å². The number of rotatable bonds is 3. The number of carboxylic acid groups (broad SMARTS) is 1. The van der Waals surface area contributed by atoms with Gasteiger partial charge in [0.1, 0.15) is 18.2 Å². The van der Waals surface area contributed by atoms with Crippen molar-refractivity contribution in [2.24, 2.45) is 0 Å². The van der Waals surface area contributed by atoms with E-state index in [0.717, 1.165) is 0 Å². The predicted molar refractivity (Wildman–Crippen MR) is 56.3 cm³/mol. The number of hydrogen-bond donors (Lipinski definition) is 4. The zero-order valence-electron chi connectivity index (χ0n) is 9.26. The summed E-state index contributed by atoms with van der Waals surface area (Å²) >= 11 is 0. The molecule has 0 radical (unpaired) electrons. The molecule has 0 aromatic rings. The Kier molecular flexibility index (Phi) is 3.60. The minimum absolute atomic E-state index is 0.288. The van der Waals surface area contributed by atoms with E-state index in [1.54, 1.807) is 0 Å². The number of carbonyl (C=O) groups is 2. The van der Waals surface area contributed by atoms with Crippen molar-refractivity contribution in [2.45, 2.75) is 37.1 Å². The predicted octanol–water partition coefficient (Wildman–Crippen LogP) is -1.93. The molecule has 4 N–H and O–H groups in total. The van der Waals surface area contributed by atoms with Crippen LogP contribution in [-0.2, 0) is 14.3 Å². The number of nitrogens with one attached hydrogen (secondary N) is 2. The molecule has 2 aliphatic heterocycles. The van der Waals surface area contributed by atoms with Gasteiger partial charge in [-0.05, 0) is 0 Å². The summed E-state index contributed by atoms with van der Waals surface area (Å²) in [7, 11) is 0. The van der Waals surface area contributed by atoms with Crippen LogP contribution in [0.25, 0.3) is 0 Å². The van der Waals surface area contributed by atoms with Crippen molar-refractivity contribution in [3.8, 4) is 0 Å². The van der Waals surface area contributed by atoms with Crippen molar-refractivity contribution in [3.05, 3.63) is 0 Å². The van der Waals surface area contributed by atoms with Gasteiger partial charge in [0.05, 0.1) is 6.10 Å². The lowest BCUT2D eigenvalue weighted by Gasteiger charge is -2.14. The van der Waals surface area contributed by atoms with E-state index in [1.807, 2.05) is 0 Å². The Hall–Kier alpha value is -1.18. The molecule has 2 rings (SSSR count). The topological polar surface area (TPSA) is 108 Å². The van der Waals surface area contributed by atoms with Gasteiger partial charge in [-0.1, -0.05) is 0 Å². The highest BCUT2D eigenvalue weighted by Crippen LogP contribution is 2.14. The summed E-state index contributed by atoms with van der Waals surface area (Å²) < 4.78 is 5.19. The molecule has 0 aromatic heterocycles. The summed E-state index contributed by atoms with van der Waals surface area (Å²) in [6, 6.07) is -1.12. The lowest BCUT2D eigenvalue weighted by molar-refractivity contribution is -0.151. The zero-order valence-corrected chi connectivity index (χ0v) is 9.26. The van der Waals surface area contributed by atoms with Gasteiger partial charge in [-0.25, -0.2) is 0 Å². The van der Waals surface area contributed by atoms with Crippen LogP contribution in [0.2, 0.25) is 0 Å². The van der Waals surface area contributed by atoms with Crippen LogP contribution in [0.1, 0.15) is 12.8 Å². The number of aliphatic hydroxyl groups excluding tert-OH is 1. The minimum atomic E-state index is -0.932. The fourth-order valence-electron chi connectivity index (χ4n) is 2.12. The molecule has 2 aliphatic rings. The Morgan fingerprint density at radius 2 is 1.82 bits per heavy atom. The van der Waals surface area contributed by atoms with Crippen LogP contribution < -0.4 is 10.6 Å². The monoisotopic (exact) mass is 244 g/mol. The average molecular weight is 244 g/mol. The number of ether oxygens (including phenoxy) is 1. The number of hydrogen-bond acceptors (Lipinski definition) is 6. The van der Waals surface area contributed by atoms with E-state index in [2.05, 4.69) is 10.6 Å². The SMILES string of the molecule is O=C(O)[C@@H]1C[C@@H](OC(=O)[C@@H]2C[C@@H](O)CN2)CN1. The first kappa shape index (κ1) is 12.3. The number of aliphatic carboxylic acids is 1. The summed E-state index contributed by atoms with van der Waals surface area (Å²) in [4.78, 5) is 22.3. The fraction of sp³-hybridized carbons (Fsp3) is 0.800. The second-order valence-corrected chi connectivity index (χ2v) is 4.44. The van der Waals surface area contributed by atoms with Crippen molar-refractivity contribution >= 4 is 11.9 Å². The van der Waals surface area contributed by atoms with Crippen LogP contribution >= 0.6 is 0 Å². The highest BCUT2D eigenvalue weighted by molar-refractivity contribution is 5.77. The highest BCUT2D eigenvalue weighted by Gasteiger charge is 2.35. The maximum absolute atomic E-state index is 11.7. The summed E-state index contributed by atoms with van der Waals surface area (Å²) in [5.41, 5.74) is 0. The molecule has 2 saturated heterocycles. The molecule has 0 saturated carbocycles. The van der Waals surface area contributed by atoms with Crippen LogP contribution in [0.15, 0.2) is 0 Å². The van der Waals surface area contributed by atoms with Gasteiger partial charge in [0.25, 0.3) is 0 Å². The van der Waals surface area contributed by atoms with Crippen molar-refractivity contribution in [2.75, 3.05) is 13.1 Å². The standard InChI is InChI=1S/C10H16N2O5/c13-5-1-8(11-3-5)10(16)17-6-2-7(9(14)15)12-4-6/h5-8,11-13H,1-4H2,(H,14,15)/t5-,6-,7+,8+/m1/s1. The van der Waals surface area contributed by atoms with E-state index in [4.69, 9.17) is 9.84 Å². The molecule has 0 aliphatic carbocycles. The van der Waals surface area contributed by atoms with Crippen molar-refractivity contribution < 1.29 is 24.5 Å². The molecule has 2 heterocycles. The van der Waals surface area contributed by atoms with E-state index >= 15 is 0 Å². The third kappa shape index (κ3) is 2.93. The van der Waals surface area contributed by atoms with E-state index in [1.165, 1.54) is 0 Å². The van der Waals surface area contributed by atoms with E-state index in [-0.39, 0.29) is 6.42 Å². The van der Waals surface area contributed by atoms with Gasteiger partial charge in [-0.3, -0.25) is 9.59 Å². The summed E-state index contributed by atoms with van der Waals surface area (Å²) in [6.07, 6.45) is -0.276. The van der Waals surface area contributed by atoms with E-state index < -0.39 is 36.2 Å². The Balaban J connectivity index is 1.78. The quantitative estimate of drug-likeness (QED) is 0.428. The lowest BCUT2D eigenvalue weighted by Crippen LogP contribution is -2.35. The molecule has 0 amide bonds. The van der Waals surface area contributed by atoms with Gasteiger partial charge in [-0.15, -0.1) is 0 Å². The molecule has 7 heteroatoms. The molecular formula is C10H16N2O5. The zero-order chi connectivity index (χ0) is 12.4. The van der Waals surface area contributed by atoms with Gasteiger partial charge in [0.15, 0.2) is 0 Å². The Labute approximate surface area is 98.1 Å². The summed E-state index contributed by atoms with van der Waals surface area (Å²) in [5.74, 6) is -1.35. The Morgan fingerprint density at radius 3 is 2.35 bits per heavy atom. The number of esters is 1. The Morgan fingerprint density at radius 1 is 1.12 bits per heavy atom. The van der Waals surface area contributed by atoms with Gasteiger partial charge in [-0.2, -0.15) is 0 Å². The molecule has 0 aromatic carbocycles. The average Bonchev–Trinajstić information content (AvgIpc) is 2.86. The van der Waals surface area contributed by atoms with E-state index in [0.29, 0.717) is 19.5 Å². The molecule has 17 heavy (non-hydrogen) atoms. The summed E-state index contributed by atoms with van der Waals surface area (Å²) in [6.45, 7) is 0.748.